The van der Waals surface area contributed by atoms with Gasteiger partial charge in [0, 0.05) is 35.5 Å². The smallest absolute Gasteiger partial charge is 0.305 e. The number of esters is 1. The van der Waals surface area contributed by atoms with Crippen LogP contribution >= 0.6 is 0 Å². The maximum atomic E-state index is 13.0. The second kappa shape index (κ2) is 10.4. The fraction of sp³-hybridized carbons (Fsp3) is 0.458. The number of methoxy groups -OCH3 is 1. The van der Waals surface area contributed by atoms with Crippen molar-refractivity contribution in [3.63, 3.8) is 0 Å². The molecule has 1 aromatic heterocycles. The highest BCUT2D eigenvalue weighted by atomic mass is 16.5. The lowest BCUT2D eigenvalue weighted by Gasteiger charge is -2.32. The van der Waals surface area contributed by atoms with Crippen LogP contribution in [0.5, 0.6) is 0 Å². The van der Waals surface area contributed by atoms with E-state index in [9.17, 15) is 14.4 Å². The van der Waals surface area contributed by atoms with Gasteiger partial charge < -0.3 is 19.1 Å². The minimum atomic E-state index is -0.216. The molecule has 0 saturated carbocycles. The fourth-order valence-electron chi connectivity index (χ4n) is 4.20. The Bertz CT molecular complexity index is 928. The predicted molar refractivity (Wildman–Crippen MR) is 117 cm³/mol. The van der Waals surface area contributed by atoms with E-state index in [1.165, 1.54) is 12.0 Å². The number of hydrogen-bond acceptors (Lipinski definition) is 4. The van der Waals surface area contributed by atoms with Crippen LogP contribution in [0.4, 0.5) is 0 Å². The van der Waals surface area contributed by atoms with Crippen LogP contribution in [0.25, 0.3) is 0 Å². The summed E-state index contributed by atoms with van der Waals surface area (Å²) in [7, 11) is 1.39. The number of ether oxygens (including phenoxy) is 1. The summed E-state index contributed by atoms with van der Waals surface area (Å²) < 4.78 is 6.79. The number of Topliss-reactive ketones (excluding diaryl/α,β-unsaturated/α-hetero) is 1. The van der Waals surface area contributed by atoms with Crippen molar-refractivity contribution >= 4 is 17.7 Å². The molecule has 1 saturated heterocycles. The number of aryl methyl sites for hydroxylation is 1. The average molecular weight is 427 g/mol. The van der Waals surface area contributed by atoms with E-state index in [1.807, 2.05) is 55.1 Å². The van der Waals surface area contributed by atoms with Gasteiger partial charge in [-0.15, -0.1) is 0 Å². The van der Waals surface area contributed by atoms with E-state index in [4.69, 9.17) is 4.74 Å². The van der Waals surface area contributed by atoms with Crippen molar-refractivity contribution in [2.24, 2.45) is 0 Å². The van der Waals surface area contributed by atoms with Crippen LogP contribution in [0.3, 0.4) is 0 Å². The van der Waals surface area contributed by atoms with Crippen LogP contribution in [-0.2, 0) is 16.1 Å². The minimum Gasteiger partial charge on any atom is -0.469 e. The van der Waals surface area contributed by atoms with Gasteiger partial charge in [0.05, 0.1) is 33.3 Å². The van der Waals surface area contributed by atoms with Crippen LogP contribution < -0.4 is 4.90 Å². The number of ketones is 1. The molecule has 7 nitrogen and oxygen atoms in total. The van der Waals surface area contributed by atoms with Crippen LogP contribution in [0.2, 0.25) is 0 Å². The zero-order valence-corrected chi connectivity index (χ0v) is 18.6. The molecule has 0 radical (unpaired) electrons. The van der Waals surface area contributed by atoms with Crippen molar-refractivity contribution in [3.8, 4) is 0 Å². The van der Waals surface area contributed by atoms with Crippen LogP contribution in [0.1, 0.15) is 44.9 Å². The second-order valence-corrected chi connectivity index (χ2v) is 8.12. The van der Waals surface area contributed by atoms with Gasteiger partial charge in [0.2, 0.25) is 5.78 Å². The summed E-state index contributed by atoms with van der Waals surface area (Å²) >= 11 is 0. The lowest BCUT2D eigenvalue weighted by atomic mass is 10.1. The third-order valence-electron chi connectivity index (χ3n) is 6.05. The molecule has 0 unspecified atom stereocenters. The summed E-state index contributed by atoms with van der Waals surface area (Å²) in [6, 6.07) is 11.3. The first-order valence-electron chi connectivity index (χ1n) is 10.9. The van der Waals surface area contributed by atoms with E-state index in [1.54, 1.807) is 0 Å². The molecule has 1 aliphatic rings. The summed E-state index contributed by atoms with van der Waals surface area (Å²) in [5, 5.41) is 0. The van der Waals surface area contributed by atoms with Gasteiger partial charge in [0.1, 0.15) is 6.54 Å². The second-order valence-electron chi connectivity index (χ2n) is 8.12. The molecule has 1 N–H and O–H groups in total. The summed E-state index contributed by atoms with van der Waals surface area (Å²) in [5.74, 6) is -0.0288. The van der Waals surface area contributed by atoms with Crippen molar-refractivity contribution in [3.05, 3.63) is 58.9 Å². The zero-order chi connectivity index (χ0) is 22.4. The molecule has 0 atom stereocenters. The number of rotatable bonds is 8. The third-order valence-corrected chi connectivity index (χ3v) is 6.05. The maximum Gasteiger partial charge on any atom is 0.305 e. The van der Waals surface area contributed by atoms with Gasteiger partial charge in [-0.05, 0) is 38.5 Å². The summed E-state index contributed by atoms with van der Waals surface area (Å²) in [6.07, 6.45) is 1.05. The molecular formula is C24H32N3O4+. The Hall–Kier alpha value is -2.93. The number of carbonyl (C=O) groups excluding carboxylic acids is 3. The highest BCUT2D eigenvalue weighted by Gasteiger charge is 2.27. The molecule has 0 bridgehead atoms. The van der Waals surface area contributed by atoms with E-state index < -0.39 is 0 Å². The van der Waals surface area contributed by atoms with Crippen molar-refractivity contribution in [1.29, 1.82) is 0 Å². The molecule has 1 aliphatic heterocycles. The van der Waals surface area contributed by atoms with Crippen molar-refractivity contribution in [1.82, 2.24) is 9.47 Å². The molecule has 0 aliphatic carbocycles. The Balaban J connectivity index is 1.53. The fourth-order valence-corrected chi connectivity index (χ4v) is 4.20. The molecule has 1 aromatic carbocycles. The Kier molecular flexibility index (Phi) is 7.63. The van der Waals surface area contributed by atoms with Gasteiger partial charge in [-0.25, -0.2) is 0 Å². The normalized spacial score (nSPS) is 14.5. The van der Waals surface area contributed by atoms with Crippen LogP contribution in [-0.4, -0.2) is 67.0 Å². The molecule has 1 amide bonds. The van der Waals surface area contributed by atoms with Gasteiger partial charge in [-0.3, -0.25) is 14.4 Å². The Morgan fingerprint density at radius 1 is 1.06 bits per heavy atom. The van der Waals surface area contributed by atoms with Crippen LogP contribution in [0.15, 0.2) is 36.4 Å². The first kappa shape index (κ1) is 22.7. The van der Waals surface area contributed by atoms with Crippen LogP contribution in [0, 0.1) is 13.8 Å². The largest absolute Gasteiger partial charge is 0.469 e. The third kappa shape index (κ3) is 5.61. The highest BCUT2D eigenvalue weighted by molar-refractivity contribution is 5.98. The zero-order valence-electron chi connectivity index (χ0n) is 18.6. The molecule has 2 aromatic rings. The monoisotopic (exact) mass is 426 g/mol. The van der Waals surface area contributed by atoms with Gasteiger partial charge in [0.15, 0.2) is 0 Å². The highest BCUT2D eigenvalue weighted by Crippen LogP contribution is 2.16. The molecule has 2 heterocycles. The molecular weight excluding hydrogens is 394 g/mol. The standard InChI is InChI=1S/C24H31N3O4/c1-18-16-21(19(2)27(18)11-7-10-23(29)31-3)22(28)17-25-12-14-26(15-13-25)24(30)20-8-5-4-6-9-20/h4-6,8-9,16H,7,10-15,17H2,1-3H3/p+1. The number of amides is 1. The predicted octanol–water partition coefficient (Wildman–Crippen LogP) is 1.28. The molecule has 0 spiro atoms. The molecule has 3 rings (SSSR count). The number of nitrogens with zero attached hydrogens (tertiary/aromatic N) is 2. The van der Waals surface area contributed by atoms with E-state index in [-0.39, 0.29) is 17.7 Å². The SMILES string of the molecule is COC(=O)CCCn1c(C)cc(C(=O)C[NH+]2CCN(C(=O)c3ccccc3)CC2)c1C. The molecule has 166 valence electrons. The number of piperazine rings is 1. The molecule has 1 fully saturated rings. The maximum absolute atomic E-state index is 13.0. The van der Waals surface area contributed by atoms with Gasteiger partial charge >= 0.3 is 5.97 Å². The van der Waals surface area contributed by atoms with Crippen molar-refractivity contribution < 1.29 is 24.0 Å². The quantitative estimate of drug-likeness (QED) is 0.510. The van der Waals surface area contributed by atoms with E-state index in [0.29, 0.717) is 44.6 Å². The van der Waals surface area contributed by atoms with Crippen molar-refractivity contribution in [2.75, 3.05) is 39.8 Å². The van der Waals surface area contributed by atoms with E-state index >= 15 is 0 Å². The number of aromatic nitrogens is 1. The number of carbonyl (C=O) groups is 3. The Labute approximate surface area is 183 Å². The van der Waals surface area contributed by atoms with Gasteiger partial charge in [-0.1, -0.05) is 18.2 Å². The van der Waals surface area contributed by atoms with Gasteiger partial charge in [-0.2, -0.15) is 0 Å². The van der Waals surface area contributed by atoms with Gasteiger partial charge in [0.25, 0.3) is 5.91 Å². The lowest BCUT2D eigenvalue weighted by Crippen LogP contribution is -3.15. The first-order chi connectivity index (χ1) is 14.9. The average Bonchev–Trinajstić information content (AvgIpc) is 3.08. The number of benzene rings is 1. The number of nitrogens with one attached hydrogen (secondary N) is 1. The minimum absolute atomic E-state index is 0.0569. The topological polar surface area (TPSA) is 73.0 Å². The number of quaternary nitrogens is 1. The van der Waals surface area contributed by atoms with E-state index in [2.05, 4.69) is 4.57 Å². The lowest BCUT2D eigenvalue weighted by molar-refractivity contribution is -0.895. The first-order valence-corrected chi connectivity index (χ1v) is 10.9. The van der Waals surface area contributed by atoms with Crippen molar-refractivity contribution in [2.45, 2.75) is 33.2 Å². The van der Waals surface area contributed by atoms with E-state index in [0.717, 1.165) is 30.0 Å². The summed E-state index contributed by atoms with van der Waals surface area (Å²) in [5.41, 5.74) is 3.44. The Morgan fingerprint density at radius 3 is 2.39 bits per heavy atom. The molecule has 31 heavy (non-hydrogen) atoms. The summed E-state index contributed by atoms with van der Waals surface area (Å²) in [6.45, 7) is 7.91. The summed E-state index contributed by atoms with van der Waals surface area (Å²) in [4.78, 5) is 40.0. The molecule has 7 heteroatoms. The Morgan fingerprint density at radius 2 is 1.74 bits per heavy atom. The number of hydrogen-bond donors (Lipinski definition) is 1.